The largest absolute Gasteiger partial charge is 0.352 e. The van der Waals surface area contributed by atoms with Gasteiger partial charge < -0.3 is 4.74 Å². The molecule has 1 heterocycles. The second-order valence-corrected chi connectivity index (χ2v) is 6.77. The Morgan fingerprint density at radius 3 is 2.41 bits per heavy atom. The van der Waals surface area contributed by atoms with Gasteiger partial charge in [-0.2, -0.15) is 8.42 Å². The summed E-state index contributed by atoms with van der Waals surface area (Å²) in [7, 11) is -3.60. The zero-order valence-electron chi connectivity index (χ0n) is 13.3. The van der Waals surface area contributed by atoms with Gasteiger partial charge in [0.1, 0.15) is 12.3 Å². The lowest BCUT2D eigenvalue weighted by Crippen LogP contribution is -2.37. The van der Waals surface area contributed by atoms with Crippen LogP contribution in [0.1, 0.15) is 39.0 Å². The third-order valence-electron chi connectivity index (χ3n) is 3.16. The second-order valence-electron chi connectivity index (χ2n) is 5.17. The highest BCUT2D eigenvalue weighted by Crippen LogP contribution is 2.16. The maximum absolute atomic E-state index is 11.8. The molecule has 0 fully saturated rings. The number of hydrogen-bond acceptors (Lipinski definition) is 6. The summed E-state index contributed by atoms with van der Waals surface area (Å²) in [5, 5.41) is 0. The average Bonchev–Trinajstić information content (AvgIpc) is 2.37. The zero-order valence-corrected chi connectivity index (χ0v) is 14.1. The molecule has 0 aliphatic rings. The van der Waals surface area contributed by atoms with Crippen LogP contribution in [0.2, 0.25) is 0 Å². The van der Waals surface area contributed by atoms with Crippen molar-refractivity contribution >= 4 is 10.1 Å². The summed E-state index contributed by atoms with van der Waals surface area (Å²) in [6.45, 7) is 6.62. The summed E-state index contributed by atoms with van der Waals surface area (Å²) in [6.07, 6.45) is 0.971. The van der Waals surface area contributed by atoms with E-state index in [2.05, 4.69) is 4.98 Å². The fraction of sp³-hybridized carbons (Fsp3) is 0.692. The van der Waals surface area contributed by atoms with Crippen molar-refractivity contribution < 1.29 is 17.3 Å². The molecule has 22 heavy (non-hydrogen) atoms. The van der Waals surface area contributed by atoms with Crippen LogP contribution in [0.25, 0.3) is 0 Å². The van der Waals surface area contributed by atoms with E-state index in [1.807, 2.05) is 6.92 Å². The van der Waals surface area contributed by atoms with Crippen LogP contribution in [-0.2, 0) is 19.0 Å². The summed E-state index contributed by atoms with van der Waals surface area (Å²) in [5.41, 5.74) is -0.660. The number of aryl methyl sites for hydroxylation is 1. The third kappa shape index (κ3) is 5.08. The van der Waals surface area contributed by atoms with Crippen molar-refractivity contribution in [3.8, 4) is 0 Å². The first-order chi connectivity index (χ1) is 10.0. The minimum Gasteiger partial charge on any atom is -0.352 e. The number of hydrogen-bond donors (Lipinski definition) is 1. The van der Waals surface area contributed by atoms with Gasteiger partial charge in [-0.15, -0.1) is 0 Å². The molecule has 126 valence electrons. The highest BCUT2D eigenvalue weighted by atomic mass is 32.2. The van der Waals surface area contributed by atoms with Crippen LogP contribution in [0.4, 0.5) is 0 Å². The lowest BCUT2D eigenvalue weighted by molar-refractivity contribution is -0.0873. The maximum atomic E-state index is 11.8. The molecule has 1 N–H and O–H groups in total. The van der Waals surface area contributed by atoms with Crippen LogP contribution in [-0.4, -0.2) is 36.4 Å². The Kier molecular flexibility index (Phi) is 6.09. The zero-order chi connectivity index (χ0) is 17.1. The number of H-pyrrole nitrogens is 1. The summed E-state index contributed by atoms with van der Waals surface area (Å²) < 4.78 is 34.2. The lowest BCUT2D eigenvalue weighted by atomic mass is 10.2. The van der Waals surface area contributed by atoms with Crippen LogP contribution in [0.15, 0.2) is 15.8 Å². The topological polar surface area (TPSA) is 107 Å². The van der Waals surface area contributed by atoms with Gasteiger partial charge in [-0.25, -0.2) is 4.79 Å². The Bertz CT molecular complexity index is 721. The SMILES string of the molecule is CC[C@@H](O[C@H](C)n1cc(C)c(=O)[nH]c1=O)C(C)OS(C)(=O)=O. The smallest absolute Gasteiger partial charge is 0.330 e. The predicted molar refractivity (Wildman–Crippen MR) is 81.3 cm³/mol. The normalized spacial score (nSPS) is 16.2. The van der Waals surface area contributed by atoms with Crippen LogP contribution in [0, 0.1) is 6.92 Å². The van der Waals surface area contributed by atoms with E-state index >= 15 is 0 Å². The van der Waals surface area contributed by atoms with Crippen LogP contribution in [0.5, 0.6) is 0 Å². The van der Waals surface area contributed by atoms with Crippen LogP contribution in [0.3, 0.4) is 0 Å². The number of aromatic amines is 1. The molecule has 3 atom stereocenters. The molecule has 0 saturated heterocycles. The van der Waals surface area contributed by atoms with Crippen molar-refractivity contribution in [3.63, 3.8) is 0 Å². The van der Waals surface area contributed by atoms with Crippen molar-refractivity contribution in [1.29, 1.82) is 0 Å². The van der Waals surface area contributed by atoms with Crippen molar-refractivity contribution in [2.45, 2.75) is 52.6 Å². The molecule has 0 spiro atoms. The van der Waals surface area contributed by atoms with E-state index in [1.54, 1.807) is 20.8 Å². The second kappa shape index (κ2) is 7.21. The monoisotopic (exact) mass is 334 g/mol. The van der Waals surface area contributed by atoms with Crippen molar-refractivity contribution in [2.75, 3.05) is 6.26 Å². The Balaban J connectivity index is 2.94. The van der Waals surface area contributed by atoms with Crippen molar-refractivity contribution in [3.05, 3.63) is 32.6 Å². The van der Waals surface area contributed by atoms with E-state index in [0.29, 0.717) is 12.0 Å². The van der Waals surface area contributed by atoms with Gasteiger partial charge in [0.25, 0.3) is 15.7 Å². The van der Waals surface area contributed by atoms with Crippen molar-refractivity contribution in [1.82, 2.24) is 9.55 Å². The summed E-state index contributed by atoms with van der Waals surface area (Å²) in [6, 6.07) is 0. The molecule has 1 unspecified atom stereocenters. The molecule has 0 radical (unpaired) electrons. The molecule has 1 rings (SSSR count). The van der Waals surface area contributed by atoms with E-state index in [9.17, 15) is 18.0 Å². The van der Waals surface area contributed by atoms with E-state index in [-0.39, 0.29) is 0 Å². The standard InChI is InChI=1S/C13H22N2O6S/c1-6-11(9(3)21-22(5,18)19)20-10(4)15-7-8(2)12(16)14-13(15)17/h7,9-11H,6H2,1-5H3,(H,14,16,17)/t9?,10-,11-/m1/s1. The van der Waals surface area contributed by atoms with Gasteiger partial charge in [-0.05, 0) is 27.2 Å². The van der Waals surface area contributed by atoms with Crippen LogP contribution < -0.4 is 11.2 Å². The third-order valence-corrected chi connectivity index (χ3v) is 3.81. The number of aromatic nitrogens is 2. The minimum atomic E-state index is -3.60. The molecule has 0 aromatic carbocycles. The number of nitrogens with one attached hydrogen (secondary N) is 1. The number of rotatable bonds is 7. The predicted octanol–water partition coefficient (Wildman–Crippen LogP) is 0.523. The fourth-order valence-electron chi connectivity index (χ4n) is 2.05. The Morgan fingerprint density at radius 2 is 1.91 bits per heavy atom. The highest BCUT2D eigenvalue weighted by molar-refractivity contribution is 7.86. The van der Waals surface area contributed by atoms with Gasteiger partial charge >= 0.3 is 5.69 Å². The summed E-state index contributed by atoms with van der Waals surface area (Å²) >= 11 is 0. The molecular formula is C13H22N2O6S. The first-order valence-corrected chi connectivity index (χ1v) is 8.72. The Hall–Kier alpha value is -1.45. The number of nitrogens with zero attached hydrogens (tertiary/aromatic N) is 1. The van der Waals surface area contributed by atoms with E-state index < -0.39 is 39.8 Å². The summed E-state index contributed by atoms with van der Waals surface area (Å²) in [4.78, 5) is 25.4. The summed E-state index contributed by atoms with van der Waals surface area (Å²) in [5.74, 6) is 0. The number of ether oxygens (including phenoxy) is 1. The highest BCUT2D eigenvalue weighted by Gasteiger charge is 2.24. The van der Waals surface area contributed by atoms with Gasteiger partial charge in [0.05, 0.1) is 12.4 Å². The molecule has 1 aromatic heterocycles. The molecule has 1 aromatic rings. The van der Waals surface area contributed by atoms with Crippen LogP contribution >= 0.6 is 0 Å². The lowest BCUT2D eigenvalue weighted by Gasteiger charge is -2.26. The van der Waals surface area contributed by atoms with Crippen molar-refractivity contribution in [2.24, 2.45) is 0 Å². The minimum absolute atomic E-state index is 0.378. The fourth-order valence-corrected chi connectivity index (χ4v) is 2.73. The first-order valence-electron chi connectivity index (χ1n) is 6.91. The van der Waals surface area contributed by atoms with E-state index in [0.717, 1.165) is 6.26 Å². The molecular weight excluding hydrogens is 312 g/mol. The maximum Gasteiger partial charge on any atom is 0.330 e. The Morgan fingerprint density at radius 1 is 1.32 bits per heavy atom. The molecule has 0 amide bonds. The molecule has 8 nitrogen and oxygen atoms in total. The van der Waals surface area contributed by atoms with Gasteiger partial charge in [0.2, 0.25) is 0 Å². The van der Waals surface area contributed by atoms with E-state index in [4.69, 9.17) is 8.92 Å². The van der Waals surface area contributed by atoms with E-state index in [1.165, 1.54) is 10.8 Å². The molecule has 0 bridgehead atoms. The molecule has 0 aliphatic carbocycles. The molecule has 9 heteroatoms. The van der Waals surface area contributed by atoms with Gasteiger partial charge in [0, 0.05) is 11.8 Å². The quantitative estimate of drug-likeness (QED) is 0.729. The first kappa shape index (κ1) is 18.6. The average molecular weight is 334 g/mol. The van der Waals surface area contributed by atoms with Gasteiger partial charge in [-0.3, -0.25) is 18.5 Å². The molecule has 0 aliphatic heterocycles. The molecule has 0 saturated carbocycles. The Labute approximate surface area is 129 Å². The van der Waals surface area contributed by atoms with Gasteiger partial charge in [0.15, 0.2) is 0 Å². The van der Waals surface area contributed by atoms with Gasteiger partial charge in [-0.1, -0.05) is 6.92 Å².